The van der Waals surface area contributed by atoms with Crippen molar-refractivity contribution in [1.29, 1.82) is 0 Å². The predicted octanol–water partition coefficient (Wildman–Crippen LogP) is 4.22. The number of amides is 1. The van der Waals surface area contributed by atoms with Gasteiger partial charge < -0.3 is 4.90 Å². The lowest BCUT2D eigenvalue weighted by molar-refractivity contribution is 0.0752. The molecule has 2 aliphatic rings. The molecule has 25 heavy (non-hydrogen) atoms. The van der Waals surface area contributed by atoms with Gasteiger partial charge in [0.25, 0.3) is 5.91 Å². The highest BCUT2D eigenvalue weighted by Gasteiger charge is 2.37. The van der Waals surface area contributed by atoms with Crippen LogP contribution in [0.4, 0.5) is 0 Å². The summed E-state index contributed by atoms with van der Waals surface area (Å²) in [5.41, 5.74) is 3.65. The summed E-state index contributed by atoms with van der Waals surface area (Å²) >= 11 is 6.54. The van der Waals surface area contributed by atoms with Gasteiger partial charge in [-0.2, -0.15) is 5.10 Å². The number of piperidine rings is 1. The molecule has 0 saturated carbocycles. The Kier molecular flexibility index (Phi) is 4.38. The first kappa shape index (κ1) is 16.4. The van der Waals surface area contributed by atoms with Crippen LogP contribution >= 0.6 is 11.6 Å². The van der Waals surface area contributed by atoms with Gasteiger partial charge in [0, 0.05) is 36.1 Å². The topological polar surface area (TPSA) is 38.1 Å². The van der Waals surface area contributed by atoms with Gasteiger partial charge in [0.05, 0.1) is 17.5 Å². The fourth-order valence-electron chi connectivity index (χ4n) is 4.04. The van der Waals surface area contributed by atoms with Crippen LogP contribution < -0.4 is 0 Å². The number of carbonyl (C=O) groups is 1. The number of benzene rings is 1. The lowest BCUT2D eigenvalue weighted by Crippen LogP contribution is -2.43. The minimum atomic E-state index is 0.0358. The third-order valence-electron chi connectivity index (χ3n) is 5.29. The molecular formula is C20H22ClN3O. The van der Waals surface area contributed by atoms with Gasteiger partial charge in [0.15, 0.2) is 0 Å². The van der Waals surface area contributed by atoms with Crippen molar-refractivity contribution >= 4 is 17.5 Å². The molecule has 1 aliphatic heterocycles. The maximum Gasteiger partial charge on any atom is 0.261 e. The molecule has 2 aromatic rings. The molecule has 130 valence electrons. The third-order valence-corrected chi connectivity index (χ3v) is 5.81. The zero-order valence-corrected chi connectivity index (χ0v) is 15.1. The highest BCUT2D eigenvalue weighted by Crippen LogP contribution is 2.39. The van der Waals surface area contributed by atoms with Gasteiger partial charge in [0.1, 0.15) is 0 Å². The van der Waals surface area contributed by atoms with Gasteiger partial charge in [0.2, 0.25) is 0 Å². The van der Waals surface area contributed by atoms with Crippen molar-refractivity contribution in [2.24, 2.45) is 13.0 Å². The number of aryl methyl sites for hydroxylation is 1. The zero-order valence-electron chi connectivity index (χ0n) is 14.4. The Balaban J connectivity index is 1.72. The number of allylic oxidation sites excluding steroid dienone is 2. The van der Waals surface area contributed by atoms with E-state index in [4.69, 9.17) is 11.6 Å². The van der Waals surface area contributed by atoms with E-state index in [9.17, 15) is 4.79 Å². The summed E-state index contributed by atoms with van der Waals surface area (Å²) in [6, 6.07) is 9.97. The number of likely N-dealkylation sites (tertiary alicyclic amines) is 1. The Bertz CT molecular complexity index is 812. The number of alkyl halides is 1. The van der Waals surface area contributed by atoms with Crippen LogP contribution in [0.5, 0.6) is 0 Å². The second-order valence-corrected chi connectivity index (χ2v) is 7.38. The number of rotatable bonds is 2. The third kappa shape index (κ3) is 2.89. The van der Waals surface area contributed by atoms with E-state index in [0.29, 0.717) is 18.0 Å². The summed E-state index contributed by atoms with van der Waals surface area (Å²) in [4.78, 5) is 15.3. The smallest absolute Gasteiger partial charge is 0.261 e. The summed E-state index contributed by atoms with van der Waals surface area (Å²) in [6.45, 7) is 0.679. The van der Waals surface area contributed by atoms with Gasteiger partial charge in [-0.25, -0.2) is 0 Å². The lowest BCUT2D eigenvalue weighted by Gasteiger charge is -2.40. The van der Waals surface area contributed by atoms with Crippen molar-refractivity contribution in [3.8, 4) is 11.3 Å². The van der Waals surface area contributed by atoms with Crippen molar-refractivity contribution in [3.63, 3.8) is 0 Å². The maximum absolute atomic E-state index is 13.4. The van der Waals surface area contributed by atoms with Gasteiger partial charge in [-0.05, 0) is 25.7 Å². The molecule has 2 atom stereocenters. The fraction of sp³-hybridized carbons (Fsp3) is 0.400. The van der Waals surface area contributed by atoms with E-state index in [-0.39, 0.29) is 11.3 Å². The van der Waals surface area contributed by atoms with Crippen molar-refractivity contribution in [3.05, 3.63) is 53.9 Å². The molecule has 1 aromatic heterocycles. The van der Waals surface area contributed by atoms with Crippen LogP contribution in [0.15, 0.2) is 48.3 Å². The van der Waals surface area contributed by atoms with Crippen LogP contribution in [0.2, 0.25) is 0 Å². The van der Waals surface area contributed by atoms with Crippen molar-refractivity contribution in [2.45, 2.75) is 31.1 Å². The molecule has 1 aromatic carbocycles. The first-order chi connectivity index (χ1) is 12.2. The van der Waals surface area contributed by atoms with Crippen LogP contribution in [-0.2, 0) is 7.05 Å². The molecule has 4 nitrogen and oxygen atoms in total. The van der Waals surface area contributed by atoms with E-state index in [1.165, 1.54) is 0 Å². The van der Waals surface area contributed by atoms with Crippen molar-refractivity contribution < 1.29 is 4.79 Å². The molecule has 0 N–H and O–H groups in total. The standard InChI is InChI=1S/C20H22ClN3O/c1-23-19(14-7-3-2-4-8-14)16(13-22-23)20(25)24-12-11-17(21)15-9-5-6-10-18(15)24/h2-4,7-8,10,13,15,17H,5-6,9,11-12H2,1H3. The van der Waals surface area contributed by atoms with E-state index < -0.39 is 0 Å². The molecule has 0 spiro atoms. The molecule has 1 aliphatic carbocycles. The van der Waals surface area contributed by atoms with Gasteiger partial charge in [-0.3, -0.25) is 9.48 Å². The van der Waals surface area contributed by atoms with Crippen LogP contribution in [0.1, 0.15) is 36.0 Å². The van der Waals surface area contributed by atoms with E-state index in [1.807, 2.05) is 42.3 Å². The number of halogens is 1. The Morgan fingerprint density at radius 2 is 2.04 bits per heavy atom. The summed E-state index contributed by atoms with van der Waals surface area (Å²) in [7, 11) is 1.88. The average molecular weight is 356 g/mol. The van der Waals surface area contributed by atoms with E-state index in [2.05, 4.69) is 11.2 Å². The Morgan fingerprint density at radius 3 is 2.84 bits per heavy atom. The van der Waals surface area contributed by atoms with Crippen LogP contribution in [0.3, 0.4) is 0 Å². The number of fused-ring (bicyclic) bond motifs is 1. The molecule has 2 unspecified atom stereocenters. The van der Waals surface area contributed by atoms with E-state index in [0.717, 1.165) is 42.6 Å². The van der Waals surface area contributed by atoms with Gasteiger partial charge in [-0.15, -0.1) is 11.6 Å². The number of aromatic nitrogens is 2. The number of hydrogen-bond acceptors (Lipinski definition) is 2. The zero-order chi connectivity index (χ0) is 17.4. The Morgan fingerprint density at radius 1 is 1.24 bits per heavy atom. The second kappa shape index (κ2) is 6.68. The minimum Gasteiger partial charge on any atom is -0.312 e. The molecule has 0 radical (unpaired) electrons. The van der Waals surface area contributed by atoms with Gasteiger partial charge >= 0.3 is 0 Å². The maximum atomic E-state index is 13.4. The van der Waals surface area contributed by atoms with Crippen LogP contribution in [-0.4, -0.2) is 32.5 Å². The SMILES string of the molecule is Cn1ncc(C(=O)N2CCC(Cl)C3CCCC=C32)c1-c1ccccc1. The first-order valence-corrected chi connectivity index (χ1v) is 9.34. The monoisotopic (exact) mass is 355 g/mol. The summed E-state index contributed by atoms with van der Waals surface area (Å²) in [5.74, 6) is 0.332. The second-order valence-electron chi connectivity index (χ2n) is 6.82. The number of nitrogens with zero attached hydrogens (tertiary/aromatic N) is 3. The summed E-state index contributed by atoms with van der Waals surface area (Å²) in [5, 5.41) is 4.49. The summed E-state index contributed by atoms with van der Waals surface area (Å²) < 4.78 is 1.78. The summed E-state index contributed by atoms with van der Waals surface area (Å²) in [6.07, 6.45) is 7.99. The normalized spacial score (nSPS) is 23.1. The van der Waals surface area contributed by atoms with E-state index >= 15 is 0 Å². The van der Waals surface area contributed by atoms with E-state index in [1.54, 1.807) is 10.9 Å². The molecule has 4 rings (SSSR count). The molecule has 2 heterocycles. The lowest BCUT2D eigenvalue weighted by atomic mass is 9.84. The Hall–Kier alpha value is -2.07. The molecule has 1 amide bonds. The minimum absolute atomic E-state index is 0.0358. The molecular weight excluding hydrogens is 334 g/mol. The van der Waals surface area contributed by atoms with Crippen LogP contribution in [0.25, 0.3) is 11.3 Å². The highest BCUT2D eigenvalue weighted by molar-refractivity contribution is 6.21. The quantitative estimate of drug-likeness (QED) is 0.756. The number of hydrogen-bond donors (Lipinski definition) is 0. The molecule has 1 fully saturated rings. The van der Waals surface area contributed by atoms with Crippen molar-refractivity contribution in [2.75, 3.05) is 6.54 Å². The average Bonchev–Trinajstić information content (AvgIpc) is 3.04. The molecule has 5 heteroatoms. The van der Waals surface area contributed by atoms with Gasteiger partial charge in [-0.1, -0.05) is 36.4 Å². The fourth-order valence-corrected chi connectivity index (χ4v) is 4.40. The largest absolute Gasteiger partial charge is 0.312 e. The van der Waals surface area contributed by atoms with Crippen molar-refractivity contribution in [1.82, 2.24) is 14.7 Å². The predicted molar refractivity (Wildman–Crippen MR) is 99.4 cm³/mol. The first-order valence-electron chi connectivity index (χ1n) is 8.90. The Labute approximate surface area is 153 Å². The molecule has 1 saturated heterocycles. The number of carbonyl (C=O) groups excluding carboxylic acids is 1. The molecule has 0 bridgehead atoms. The van der Waals surface area contributed by atoms with Crippen LogP contribution in [0, 0.1) is 5.92 Å². The highest BCUT2D eigenvalue weighted by atomic mass is 35.5.